The molecule has 0 aliphatic heterocycles. The van der Waals surface area contributed by atoms with Crippen molar-refractivity contribution < 1.29 is 4.74 Å². The molecule has 0 aliphatic rings. The maximum atomic E-state index is 5.52. The molecule has 0 N–H and O–H groups in total. The first-order valence-corrected chi connectivity index (χ1v) is 5.65. The molecular weight excluding hydrogens is 287 g/mol. The third-order valence-electron chi connectivity index (χ3n) is 1.99. The average Bonchev–Trinajstić information content (AvgIpc) is 2.20. The largest absolute Gasteiger partial charge is 0.493 e. The fourth-order valence-electron chi connectivity index (χ4n) is 1.13. The molecular formula is C12H14IO. The second-order valence-corrected chi connectivity index (χ2v) is 4.13. The Hall–Kier alpha value is -0.510. The molecule has 1 radical (unpaired) electrons. The van der Waals surface area contributed by atoms with Crippen molar-refractivity contribution in [2.24, 2.45) is 0 Å². The molecule has 0 bridgehead atoms. The fraction of sp³-hybridized carbons (Fsp3) is 0.250. The summed E-state index contributed by atoms with van der Waals surface area (Å²) < 4.78 is 6.66. The summed E-state index contributed by atoms with van der Waals surface area (Å²) in [5.41, 5.74) is 1.17. The molecule has 0 spiro atoms. The van der Waals surface area contributed by atoms with E-state index >= 15 is 0 Å². The maximum Gasteiger partial charge on any atom is 0.132 e. The average molecular weight is 301 g/mol. The first kappa shape index (κ1) is 11.6. The van der Waals surface area contributed by atoms with Gasteiger partial charge in [0.15, 0.2) is 0 Å². The van der Waals surface area contributed by atoms with Gasteiger partial charge in [0.25, 0.3) is 0 Å². The van der Waals surface area contributed by atoms with Gasteiger partial charge in [-0.1, -0.05) is 19.1 Å². The summed E-state index contributed by atoms with van der Waals surface area (Å²) >= 11 is 2.28. The maximum absolute atomic E-state index is 5.52. The zero-order chi connectivity index (χ0) is 10.6. The van der Waals surface area contributed by atoms with Crippen molar-refractivity contribution in [3.63, 3.8) is 0 Å². The van der Waals surface area contributed by atoms with Gasteiger partial charge in [0.1, 0.15) is 5.75 Å². The number of benzene rings is 1. The Labute approximate surface area is 99.3 Å². The molecule has 0 unspecified atom stereocenters. The summed E-state index contributed by atoms with van der Waals surface area (Å²) in [5, 5.41) is 0. The van der Waals surface area contributed by atoms with E-state index in [2.05, 4.69) is 47.4 Å². The van der Waals surface area contributed by atoms with Crippen LogP contribution in [-0.2, 0) is 0 Å². The van der Waals surface area contributed by atoms with Gasteiger partial charge >= 0.3 is 0 Å². The zero-order valence-electron chi connectivity index (χ0n) is 8.51. The molecule has 2 heteroatoms. The number of halogens is 1. The molecule has 0 atom stereocenters. The van der Waals surface area contributed by atoms with Crippen molar-refractivity contribution in [1.82, 2.24) is 0 Å². The van der Waals surface area contributed by atoms with E-state index in [0.29, 0.717) is 6.61 Å². The number of hydrogen-bond donors (Lipinski definition) is 0. The number of rotatable bonds is 4. The van der Waals surface area contributed by atoms with E-state index in [0.717, 1.165) is 9.32 Å². The standard InChI is InChI=1S/C12H14IO/c1-4-9(3)10-6-7-11(13)12(8-10)14-5-2/h4,6-8H,1,5H2,2-3H3. The second kappa shape index (κ2) is 5.39. The summed E-state index contributed by atoms with van der Waals surface area (Å²) in [6.45, 7) is 8.50. The summed E-state index contributed by atoms with van der Waals surface area (Å²) in [6.07, 6.45) is 1.86. The molecule has 1 aromatic carbocycles. The van der Waals surface area contributed by atoms with Gasteiger partial charge in [0.2, 0.25) is 0 Å². The minimum atomic E-state index is 0.701. The first-order chi connectivity index (χ1) is 6.69. The van der Waals surface area contributed by atoms with E-state index in [9.17, 15) is 0 Å². The van der Waals surface area contributed by atoms with E-state index in [-0.39, 0.29) is 0 Å². The normalized spacial score (nSPS) is 10.3. The minimum Gasteiger partial charge on any atom is -0.493 e. The quantitative estimate of drug-likeness (QED) is 0.768. The molecule has 1 rings (SSSR count). The predicted octanol–water partition coefficient (Wildman–Crippen LogP) is 3.82. The predicted molar refractivity (Wildman–Crippen MR) is 68.5 cm³/mol. The van der Waals surface area contributed by atoms with E-state index in [1.54, 1.807) is 0 Å². The molecule has 0 saturated heterocycles. The first-order valence-electron chi connectivity index (χ1n) is 4.57. The zero-order valence-corrected chi connectivity index (χ0v) is 10.7. The summed E-state index contributed by atoms with van der Waals surface area (Å²) in [6, 6.07) is 6.21. The van der Waals surface area contributed by atoms with Crippen molar-refractivity contribution in [2.45, 2.75) is 13.8 Å². The van der Waals surface area contributed by atoms with Crippen LogP contribution in [0.15, 0.2) is 30.9 Å². The Kier molecular flexibility index (Phi) is 4.45. The lowest BCUT2D eigenvalue weighted by atomic mass is 10.0. The Bertz CT molecular complexity index is 320. The molecule has 0 aromatic heterocycles. The molecule has 0 amide bonds. The van der Waals surface area contributed by atoms with E-state index in [1.807, 2.05) is 19.9 Å². The summed E-state index contributed by atoms with van der Waals surface area (Å²) in [7, 11) is 0. The second-order valence-electron chi connectivity index (χ2n) is 2.97. The van der Waals surface area contributed by atoms with Crippen molar-refractivity contribution in [3.05, 3.63) is 45.9 Å². The third-order valence-corrected chi connectivity index (χ3v) is 2.88. The van der Waals surface area contributed by atoms with Gasteiger partial charge in [-0.3, -0.25) is 0 Å². The monoisotopic (exact) mass is 301 g/mol. The van der Waals surface area contributed by atoms with Crippen molar-refractivity contribution in [3.8, 4) is 5.75 Å². The molecule has 0 fully saturated rings. The van der Waals surface area contributed by atoms with E-state index in [1.165, 1.54) is 11.5 Å². The Morgan fingerprint density at radius 1 is 1.57 bits per heavy atom. The lowest BCUT2D eigenvalue weighted by Crippen LogP contribution is -1.97. The van der Waals surface area contributed by atoms with Crippen LogP contribution in [0.4, 0.5) is 0 Å². The van der Waals surface area contributed by atoms with Crippen molar-refractivity contribution in [2.75, 3.05) is 6.61 Å². The van der Waals surface area contributed by atoms with Crippen LogP contribution >= 0.6 is 22.6 Å². The third kappa shape index (κ3) is 2.74. The van der Waals surface area contributed by atoms with Crippen molar-refractivity contribution >= 4 is 22.6 Å². The highest BCUT2D eigenvalue weighted by Gasteiger charge is 2.06. The number of allylic oxidation sites excluding steroid dienone is 1. The lowest BCUT2D eigenvalue weighted by molar-refractivity contribution is 0.337. The van der Waals surface area contributed by atoms with Gasteiger partial charge in [0.05, 0.1) is 10.2 Å². The van der Waals surface area contributed by atoms with E-state index in [4.69, 9.17) is 4.74 Å². The lowest BCUT2D eigenvalue weighted by Gasteiger charge is -2.10. The molecule has 75 valence electrons. The Morgan fingerprint density at radius 2 is 2.29 bits per heavy atom. The van der Waals surface area contributed by atoms with Gasteiger partial charge < -0.3 is 4.74 Å². The molecule has 1 aromatic rings. The topological polar surface area (TPSA) is 9.23 Å². The minimum absolute atomic E-state index is 0.701. The molecule has 1 nitrogen and oxygen atoms in total. The van der Waals surface area contributed by atoms with Gasteiger partial charge in [0, 0.05) is 5.92 Å². The van der Waals surface area contributed by atoms with Crippen molar-refractivity contribution in [1.29, 1.82) is 0 Å². The molecule has 14 heavy (non-hydrogen) atoms. The van der Waals surface area contributed by atoms with Gasteiger partial charge in [-0.25, -0.2) is 0 Å². The SMILES string of the molecule is C=C[C](C)c1ccc(I)c(OCC)c1. The molecule has 0 heterocycles. The van der Waals surface area contributed by atoms with Crippen LogP contribution < -0.4 is 4.74 Å². The molecule has 0 saturated carbocycles. The van der Waals surface area contributed by atoms with Gasteiger partial charge in [-0.15, -0.1) is 6.58 Å². The van der Waals surface area contributed by atoms with Gasteiger partial charge in [-0.05, 0) is 47.2 Å². The summed E-state index contributed by atoms with van der Waals surface area (Å²) in [4.78, 5) is 0. The van der Waals surface area contributed by atoms with Crippen LogP contribution in [0.25, 0.3) is 0 Å². The number of ether oxygens (including phenoxy) is 1. The van der Waals surface area contributed by atoms with Crippen LogP contribution in [0.1, 0.15) is 19.4 Å². The smallest absolute Gasteiger partial charge is 0.132 e. The highest BCUT2D eigenvalue weighted by Crippen LogP contribution is 2.26. The van der Waals surface area contributed by atoms with E-state index < -0.39 is 0 Å². The fourth-order valence-corrected chi connectivity index (χ4v) is 1.62. The van der Waals surface area contributed by atoms with Crippen LogP contribution in [0.2, 0.25) is 0 Å². The number of hydrogen-bond acceptors (Lipinski definition) is 1. The van der Waals surface area contributed by atoms with Crippen LogP contribution in [-0.4, -0.2) is 6.61 Å². The highest BCUT2D eigenvalue weighted by atomic mass is 127. The van der Waals surface area contributed by atoms with Crippen LogP contribution in [0, 0.1) is 9.49 Å². The van der Waals surface area contributed by atoms with Gasteiger partial charge in [-0.2, -0.15) is 0 Å². The van der Waals surface area contributed by atoms with Crippen LogP contribution in [0.3, 0.4) is 0 Å². The Balaban J connectivity index is 2.99. The summed E-state index contributed by atoms with van der Waals surface area (Å²) in [5.74, 6) is 2.12. The van der Waals surface area contributed by atoms with Crippen LogP contribution in [0.5, 0.6) is 5.75 Å². The highest BCUT2D eigenvalue weighted by molar-refractivity contribution is 14.1. The Morgan fingerprint density at radius 3 is 2.86 bits per heavy atom. The molecule has 0 aliphatic carbocycles.